The molecule has 116 valence electrons. The molecule has 0 heterocycles. The Kier molecular flexibility index (Phi) is 7.59. The maximum atomic E-state index is 12.5. The molecule has 5 heteroatoms. The van der Waals surface area contributed by atoms with Gasteiger partial charge in [0.15, 0.2) is 0 Å². The lowest BCUT2D eigenvalue weighted by molar-refractivity contribution is -0.140. The molecule has 2 amide bonds. The minimum atomic E-state index is -0.0545. The molecule has 0 atom stereocenters. The van der Waals surface area contributed by atoms with Gasteiger partial charge in [-0.3, -0.25) is 9.59 Å². The van der Waals surface area contributed by atoms with Crippen LogP contribution < -0.4 is 11.1 Å². The number of nitrogens with two attached hydrogens (primary N) is 1. The van der Waals surface area contributed by atoms with Gasteiger partial charge in [-0.25, -0.2) is 0 Å². The highest BCUT2D eigenvalue weighted by Crippen LogP contribution is 2.25. The number of carbonyl (C=O) groups excluding carboxylic acids is 2. The van der Waals surface area contributed by atoms with Gasteiger partial charge in [-0.15, -0.1) is 0 Å². The molecule has 1 rings (SSSR count). The monoisotopic (exact) mass is 283 g/mol. The van der Waals surface area contributed by atoms with Crippen molar-refractivity contribution in [1.82, 2.24) is 10.2 Å². The molecule has 0 aromatic heterocycles. The summed E-state index contributed by atoms with van der Waals surface area (Å²) in [6, 6.07) is 0.242. The summed E-state index contributed by atoms with van der Waals surface area (Å²) in [6.45, 7) is 5.56. The van der Waals surface area contributed by atoms with E-state index in [1.165, 1.54) is 0 Å². The zero-order valence-corrected chi connectivity index (χ0v) is 12.9. The molecule has 0 radical (unpaired) electrons. The highest BCUT2D eigenvalue weighted by molar-refractivity contribution is 5.86. The first-order valence-electron chi connectivity index (χ1n) is 7.89. The largest absolute Gasteiger partial charge is 0.355 e. The Labute approximate surface area is 122 Å². The molecule has 1 aliphatic carbocycles. The number of nitrogens with zero attached hydrogens (tertiary/aromatic N) is 1. The Morgan fingerprint density at radius 1 is 1.15 bits per heavy atom. The van der Waals surface area contributed by atoms with E-state index in [-0.39, 0.29) is 30.3 Å². The van der Waals surface area contributed by atoms with Crippen molar-refractivity contribution in [2.75, 3.05) is 19.6 Å². The van der Waals surface area contributed by atoms with E-state index in [1.807, 2.05) is 13.8 Å². The summed E-state index contributed by atoms with van der Waals surface area (Å²) in [5.41, 5.74) is 5.88. The topological polar surface area (TPSA) is 75.4 Å². The van der Waals surface area contributed by atoms with Crippen molar-refractivity contribution < 1.29 is 9.59 Å². The van der Waals surface area contributed by atoms with Gasteiger partial charge in [0.05, 0.1) is 6.54 Å². The molecule has 1 aliphatic rings. The van der Waals surface area contributed by atoms with Crippen LogP contribution in [0.5, 0.6) is 0 Å². The van der Waals surface area contributed by atoms with Gasteiger partial charge in [0.25, 0.3) is 0 Å². The number of nitrogens with one attached hydrogen (secondary N) is 1. The summed E-state index contributed by atoms with van der Waals surface area (Å²) >= 11 is 0. The van der Waals surface area contributed by atoms with E-state index in [1.54, 1.807) is 4.90 Å². The van der Waals surface area contributed by atoms with E-state index < -0.39 is 0 Å². The lowest BCUT2D eigenvalue weighted by Crippen LogP contribution is -2.45. The standard InChI is InChI=1S/C15H29N3O2/c1-3-9-17-14(19)11-18(10-4-2)15(20)12-5-7-13(16)8-6-12/h12-13H,3-11,16H2,1-2H3,(H,17,19). The van der Waals surface area contributed by atoms with Crippen LogP contribution in [0.2, 0.25) is 0 Å². The first-order chi connectivity index (χ1) is 9.58. The highest BCUT2D eigenvalue weighted by atomic mass is 16.2. The van der Waals surface area contributed by atoms with Crippen LogP contribution in [-0.2, 0) is 9.59 Å². The second-order valence-corrected chi connectivity index (χ2v) is 5.72. The van der Waals surface area contributed by atoms with Crippen LogP contribution in [0.4, 0.5) is 0 Å². The molecule has 5 nitrogen and oxygen atoms in total. The van der Waals surface area contributed by atoms with Gasteiger partial charge in [0.2, 0.25) is 11.8 Å². The normalized spacial score (nSPS) is 22.4. The SMILES string of the molecule is CCCNC(=O)CN(CCC)C(=O)C1CCC(N)CC1. The number of hydrogen-bond donors (Lipinski definition) is 2. The van der Waals surface area contributed by atoms with E-state index in [9.17, 15) is 9.59 Å². The van der Waals surface area contributed by atoms with Gasteiger partial charge in [-0.05, 0) is 38.5 Å². The van der Waals surface area contributed by atoms with Crippen LogP contribution in [0.3, 0.4) is 0 Å². The molecule has 0 bridgehead atoms. The molecule has 1 fully saturated rings. The summed E-state index contributed by atoms with van der Waals surface area (Å²) in [7, 11) is 0. The first kappa shape index (κ1) is 17.0. The highest BCUT2D eigenvalue weighted by Gasteiger charge is 2.28. The third kappa shape index (κ3) is 5.49. The Morgan fingerprint density at radius 3 is 2.35 bits per heavy atom. The Balaban J connectivity index is 2.51. The molecule has 0 saturated heterocycles. The lowest BCUT2D eigenvalue weighted by atomic mass is 9.85. The molecule has 0 aromatic rings. The fourth-order valence-corrected chi connectivity index (χ4v) is 2.66. The van der Waals surface area contributed by atoms with Crippen molar-refractivity contribution in [2.24, 2.45) is 11.7 Å². The van der Waals surface area contributed by atoms with Crippen molar-refractivity contribution in [2.45, 2.75) is 58.4 Å². The van der Waals surface area contributed by atoms with E-state index in [0.29, 0.717) is 13.1 Å². The van der Waals surface area contributed by atoms with Gasteiger partial charge < -0.3 is 16.0 Å². The van der Waals surface area contributed by atoms with Crippen molar-refractivity contribution in [3.63, 3.8) is 0 Å². The van der Waals surface area contributed by atoms with Crippen molar-refractivity contribution >= 4 is 11.8 Å². The molecule has 0 spiro atoms. The van der Waals surface area contributed by atoms with Gasteiger partial charge in [0.1, 0.15) is 0 Å². The fraction of sp³-hybridized carbons (Fsp3) is 0.867. The van der Waals surface area contributed by atoms with Gasteiger partial charge in [-0.1, -0.05) is 13.8 Å². The zero-order valence-electron chi connectivity index (χ0n) is 12.9. The van der Waals surface area contributed by atoms with Crippen molar-refractivity contribution in [3.8, 4) is 0 Å². The first-order valence-corrected chi connectivity index (χ1v) is 7.89. The second kappa shape index (κ2) is 8.95. The molecular formula is C15H29N3O2. The van der Waals surface area contributed by atoms with Crippen LogP contribution in [-0.4, -0.2) is 42.4 Å². The van der Waals surface area contributed by atoms with Gasteiger partial charge >= 0.3 is 0 Å². The Morgan fingerprint density at radius 2 is 1.80 bits per heavy atom. The molecule has 0 aromatic carbocycles. The minimum absolute atomic E-state index is 0.0545. The van der Waals surface area contributed by atoms with Gasteiger partial charge in [0, 0.05) is 25.0 Å². The molecule has 0 aliphatic heterocycles. The van der Waals surface area contributed by atoms with Crippen LogP contribution in [0, 0.1) is 5.92 Å². The van der Waals surface area contributed by atoms with Crippen LogP contribution >= 0.6 is 0 Å². The Hall–Kier alpha value is -1.10. The molecule has 3 N–H and O–H groups in total. The average molecular weight is 283 g/mol. The molecule has 0 unspecified atom stereocenters. The number of hydrogen-bond acceptors (Lipinski definition) is 3. The van der Waals surface area contributed by atoms with Gasteiger partial charge in [-0.2, -0.15) is 0 Å². The summed E-state index contributed by atoms with van der Waals surface area (Å²) in [6.07, 6.45) is 5.33. The number of carbonyl (C=O) groups is 2. The quantitative estimate of drug-likeness (QED) is 0.739. The molecule has 20 heavy (non-hydrogen) atoms. The third-order valence-corrected chi connectivity index (χ3v) is 3.83. The van der Waals surface area contributed by atoms with Crippen LogP contribution in [0.15, 0.2) is 0 Å². The molecular weight excluding hydrogens is 254 g/mol. The van der Waals surface area contributed by atoms with Crippen molar-refractivity contribution in [3.05, 3.63) is 0 Å². The van der Waals surface area contributed by atoms with Crippen LogP contribution in [0.1, 0.15) is 52.4 Å². The number of amides is 2. The summed E-state index contributed by atoms with van der Waals surface area (Å²) in [4.78, 5) is 26.0. The summed E-state index contributed by atoms with van der Waals surface area (Å²) in [5, 5.41) is 2.83. The number of rotatable bonds is 7. The maximum absolute atomic E-state index is 12.5. The third-order valence-electron chi connectivity index (χ3n) is 3.83. The van der Waals surface area contributed by atoms with E-state index in [2.05, 4.69) is 5.32 Å². The van der Waals surface area contributed by atoms with E-state index in [0.717, 1.165) is 38.5 Å². The van der Waals surface area contributed by atoms with Crippen molar-refractivity contribution in [1.29, 1.82) is 0 Å². The average Bonchev–Trinajstić information content (AvgIpc) is 2.44. The summed E-state index contributed by atoms with van der Waals surface area (Å²) in [5.74, 6) is 0.131. The summed E-state index contributed by atoms with van der Waals surface area (Å²) < 4.78 is 0. The maximum Gasteiger partial charge on any atom is 0.239 e. The minimum Gasteiger partial charge on any atom is -0.355 e. The predicted octanol–water partition coefficient (Wildman–Crippen LogP) is 1.27. The Bertz CT molecular complexity index is 312. The smallest absolute Gasteiger partial charge is 0.239 e. The zero-order chi connectivity index (χ0) is 15.0. The second-order valence-electron chi connectivity index (χ2n) is 5.72. The fourth-order valence-electron chi connectivity index (χ4n) is 2.66. The predicted molar refractivity (Wildman–Crippen MR) is 80.1 cm³/mol. The van der Waals surface area contributed by atoms with Crippen LogP contribution in [0.25, 0.3) is 0 Å². The lowest BCUT2D eigenvalue weighted by Gasteiger charge is -2.30. The van der Waals surface area contributed by atoms with E-state index >= 15 is 0 Å². The molecule has 1 saturated carbocycles. The van der Waals surface area contributed by atoms with E-state index in [4.69, 9.17) is 5.73 Å².